The van der Waals surface area contributed by atoms with Crippen molar-refractivity contribution in [2.75, 3.05) is 30.7 Å². The number of benzene rings is 1. The molecule has 1 aromatic carbocycles. The van der Waals surface area contributed by atoms with Crippen LogP contribution in [0.25, 0.3) is 10.9 Å². The van der Waals surface area contributed by atoms with E-state index in [9.17, 15) is 14.9 Å². The zero-order valence-electron chi connectivity index (χ0n) is 19.6. The zero-order valence-corrected chi connectivity index (χ0v) is 21.2. The lowest BCUT2D eigenvalue weighted by atomic mass is 10.1. The number of amides is 1. The molecule has 7 nitrogen and oxygen atoms in total. The predicted octanol–water partition coefficient (Wildman–Crippen LogP) is 4.28. The summed E-state index contributed by atoms with van der Waals surface area (Å²) in [5.41, 5.74) is 2.26. The Bertz CT molecular complexity index is 1290. The smallest absolute Gasteiger partial charge is 0.262 e. The molecule has 0 unspecified atom stereocenters. The number of fused-ring (bicyclic) bond motifs is 2. The summed E-state index contributed by atoms with van der Waals surface area (Å²) in [6.07, 6.45) is 3.77. The van der Waals surface area contributed by atoms with E-state index >= 15 is 0 Å². The van der Waals surface area contributed by atoms with Crippen LogP contribution in [0.3, 0.4) is 0 Å². The van der Waals surface area contributed by atoms with E-state index in [1.165, 1.54) is 28.0 Å². The number of carbonyl (C=O) groups is 1. The molecule has 1 aliphatic carbocycles. The number of nitriles is 1. The maximum Gasteiger partial charge on any atom is 0.262 e. The van der Waals surface area contributed by atoms with Gasteiger partial charge in [0, 0.05) is 11.4 Å². The second-order valence-corrected chi connectivity index (χ2v) is 10.3. The van der Waals surface area contributed by atoms with Crippen LogP contribution < -0.4 is 10.9 Å². The number of aryl methyl sites for hydroxylation is 1. The molecule has 0 atom stereocenters. The summed E-state index contributed by atoms with van der Waals surface area (Å²) in [5, 5.41) is 14.3. The van der Waals surface area contributed by atoms with E-state index in [0.717, 1.165) is 50.9 Å². The lowest BCUT2D eigenvalue weighted by Crippen LogP contribution is -2.28. The van der Waals surface area contributed by atoms with Gasteiger partial charge in [0.25, 0.3) is 5.56 Å². The van der Waals surface area contributed by atoms with E-state index in [-0.39, 0.29) is 17.2 Å². The molecule has 1 aliphatic rings. The molecule has 0 bridgehead atoms. The van der Waals surface area contributed by atoms with E-state index in [0.29, 0.717) is 33.2 Å². The van der Waals surface area contributed by atoms with Crippen LogP contribution in [0.1, 0.15) is 42.7 Å². The van der Waals surface area contributed by atoms with Gasteiger partial charge in [-0.1, -0.05) is 37.7 Å². The fraction of sp³-hybridized carbons (Fsp3) is 0.440. The van der Waals surface area contributed by atoms with Crippen molar-refractivity contribution < 1.29 is 4.79 Å². The van der Waals surface area contributed by atoms with E-state index < -0.39 is 0 Å². The summed E-state index contributed by atoms with van der Waals surface area (Å²) < 4.78 is 1.70. The molecule has 9 heteroatoms. The van der Waals surface area contributed by atoms with Crippen molar-refractivity contribution >= 4 is 44.9 Å². The Kier molecular flexibility index (Phi) is 8.03. The van der Waals surface area contributed by atoms with Gasteiger partial charge in [0.05, 0.1) is 22.2 Å². The first-order valence-corrected chi connectivity index (χ1v) is 13.5. The Hall–Kier alpha value is -2.67. The van der Waals surface area contributed by atoms with Crippen molar-refractivity contribution in [1.82, 2.24) is 14.5 Å². The van der Waals surface area contributed by atoms with Crippen molar-refractivity contribution in [2.45, 2.75) is 51.2 Å². The highest BCUT2D eigenvalue weighted by atomic mass is 32.2. The van der Waals surface area contributed by atoms with E-state index in [1.54, 1.807) is 10.6 Å². The van der Waals surface area contributed by atoms with Crippen LogP contribution in [0.2, 0.25) is 0 Å². The Morgan fingerprint density at radius 2 is 2.09 bits per heavy atom. The Morgan fingerprint density at radius 1 is 1.29 bits per heavy atom. The van der Waals surface area contributed by atoms with Gasteiger partial charge in [0.2, 0.25) is 5.91 Å². The number of hydrogen-bond donors (Lipinski definition) is 1. The van der Waals surface area contributed by atoms with Gasteiger partial charge in [-0.2, -0.15) is 5.26 Å². The quantitative estimate of drug-likeness (QED) is 0.333. The van der Waals surface area contributed by atoms with Crippen molar-refractivity contribution in [3.05, 3.63) is 50.6 Å². The minimum atomic E-state index is -0.196. The highest BCUT2D eigenvalue weighted by Gasteiger charge is 2.23. The van der Waals surface area contributed by atoms with Crippen LogP contribution in [0.4, 0.5) is 5.00 Å². The summed E-state index contributed by atoms with van der Waals surface area (Å²) in [6.45, 7) is 7.66. The second-order valence-electron chi connectivity index (χ2n) is 8.26. The SMILES string of the molecule is CCN(CC)CCCn1c(SCC(=O)Nc2sc3c(c2C#N)CCC3)nc2ccccc2c1=O. The number of hydrogen-bond acceptors (Lipinski definition) is 7. The lowest BCUT2D eigenvalue weighted by molar-refractivity contribution is -0.113. The second kappa shape index (κ2) is 11.2. The summed E-state index contributed by atoms with van der Waals surface area (Å²) in [6, 6.07) is 9.59. The maximum absolute atomic E-state index is 13.2. The van der Waals surface area contributed by atoms with Gasteiger partial charge in [-0.3, -0.25) is 14.2 Å². The molecule has 0 aliphatic heterocycles. The molecule has 1 N–H and O–H groups in total. The molecule has 3 aromatic rings. The molecule has 0 saturated carbocycles. The molecule has 2 heterocycles. The number of nitrogens with zero attached hydrogens (tertiary/aromatic N) is 4. The van der Waals surface area contributed by atoms with Crippen LogP contribution in [0.5, 0.6) is 0 Å². The number of anilines is 1. The first-order chi connectivity index (χ1) is 16.5. The van der Waals surface area contributed by atoms with Crippen LogP contribution >= 0.6 is 23.1 Å². The minimum absolute atomic E-state index is 0.0745. The number of thioether (sulfide) groups is 1. The van der Waals surface area contributed by atoms with Gasteiger partial charge < -0.3 is 10.2 Å². The Balaban J connectivity index is 1.51. The van der Waals surface area contributed by atoms with Crippen LogP contribution in [0, 0.1) is 11.3 Å². The van der Waals surface area contributed by atoms with Gasteiger partial charge in [0.15, 0.2) is 5.16 Å². The summed E-state index contributed by atoms with van der Waals surface area (Å²) in [7, 11) is 0. The van der Waals surface area contributed by atoms with Crippen molar-refractivity contribution in [2.24, 2.45) is 0 Å². The third-order valence-corrected chi connectivity index (χ3v) is 8.38. The minimum Gasteiger partial charge on any atom is -0.316 e. The first-order valence-electron chi connectivity index (χ1n) is 11.7. The largest absolute Gasteiger partial charge is 0.316 e. The van der Waals surface area contributed by atoms with Gasteiger partial charge in [-0.25, -0.2) is 4.98 Å². The fourth-order valence-corrected chi connectivity index (χ4v) is 6.43. The van der Waals surface area contributed by atoms with Crippen LogP contribution in [0.15, 0.2) is 34.2 Å². The molecule has 0 fully saturated rings. The normalized spacial score (nSPS) is 12.8. The van der Waals surface area contributed by atoms with E-state index in [1.807, 2.05) is 18.2 Å². The van der Waals surface area contributed by atoms with Crippen molar-refractivity contribution in [1.29, 1.82) is 5.26 Å². The molecular weight excluding hydrogens is 466 g/mol. The molecule has 0 radical (unpaired) electrons. The fourth-order valence-electron chi connectivity index (χ4n) is 4.35. The van der Waals surface area contributed by atoms with Gasteiger partial charge in [0.1, 0.15) is 11.1 Å². The van der Waals surface area contributed by atoms with Gasteiger partial charge >= 0.3 is 0 Å². The molecule has 0 saturated heterocycles. The van der Waals surface area contributed by atoms with Crippen molar-refractivity contribution in [3.63, 3.8) is 0 Å². The monoisotopic (exact) mass is 495 g/mol. The maximum atomic E-state index is 13.2. The van der Waals surface area contributed by atoms with Crippen LogP contribution in [-0.2, 0) is 24.2 Å². The molecule has 2 aromatic heterocycles. The molecule has 0 spiro atoms. The number of para-hydroxylation sites is 1. The van der Waals surface area contributed by atoms with E-state index in [4.69, 9.17) is 4.98 Å². The molecular formula is C25H29N5O2S2. The van der Waals surface area contributed by atoms with Crippen molar-refractivity contribution in [3.8, 4) is 6.07 Å². The average Bonchev–Trinajstić information content (AvgIpc) is 3.42. The number of aromatic nitrogens is 2. The summed E-state index contributed by atoms with van der Waals surface area (Å²) >= 11 is 2.78. The number of carbonyl (C=O) groups excluding carboxylic acids is 1. The zero-order chi connectivity index (χ0) is 24.1. The van der Waals surface area contributed by atoms with Gasteiger partial charge in [-0.15, -0.1) is 11.3 Å². The Morgan fingerprint density at radius 3 is 2.85 bits per heavy atom. The highest BCUT2D eigenvalue weighted by molar-refractivity contribution is 7.99. The van der Waals surface area contributed by atoms with E-state index in [2.05, 4.69) is 30.1 Å². The lowest BCUT2D eigenvalue weighted by Gasteiger charge is -2.19. The molecule has 34 heavy (non-hydrogen) atoms. The molecule has 4 rings (SSSR count). The summed E-state index contributed by atoms with van der Waals surface area (Å²) in [4.78, 5) is 34.2. The van der Waals surface area contributed by atoms with Crippen LogP contribution in [-0.4, -0.2) is 45.7 Å². The average molecular weight is 496 g/mol. The standard InChI is InChI=1S/C25H29N5O2S2/c1-3-29(4-2)13-8-14-30-24(32)18-9-5-6-11-20(18)27-25(30)33-16-22(31)28-23-19(15-26)17-10-7-12-21(17)34-23/h5-6,9,11H,3-4,7-8,10,12-14,16H2,1-2H3,(H,28,31). The predicted molar refractivity (Wildman–Crippen MR) is 139 cm³/mol. The third kappa shape index (κ3) is 5.19. The number of rotatable bonds is 10. The first kappa shape index (κ1) is 24.5. The number of thiophene rings is 1. The topological polar surface area (TPSA) is 91.0 Å². The molecule has 178 valence electrons. The molecule has 1 amide bonds. The summed E-state index contributed by atoms with van der Waals surface area (Å²) in [5.74, 6) is -0.0765. The van der Waals surface area contributed by atoms with Gasteiger partial charge in [-0.05, 0) is 63.0 Å². The number of nitrogens with one attached hydrogen (secondary N) is 1. The third-order valence-electron chi connectivity index (χ3n) is 6.20. The Labute approximate surface area is 207 Å². The highest BCUT2D eigenvalue weighted by Crippen LogP contribution is 2.38.